The van der Waals surface area contributed by atoms with Gasteiger partial charge in [0.1, 0.15) is 11.5 Å². The van der Waals surface area contributed by atoms with Crippen molar-refractivity contribution < 1.29 is 22.7 Å². The van der Waals surface area contributed by atoms with E-state index in [0.717, 1.165) is 16.5 Å². The molecule has 0 spiro atoms. The summed E-state index contributed by atoms with van der Waals surface area (Å²) < 4.78 is 40.5. The van der Waals surface area contributed by atoms with Crippen molar-refractivity contribution >= 4 is 26.8 Å². The monoisotopic (exact) mass is 471 g/mol. The Hall–Kier alpha value is -3.04. The second-order valence-corrected chi connectivity index (χ2v) is 10.2. The van der Waals surface area contributed by atoms with Crippen LogP contribution in [-0.4, -0.2) is 50.5 Å². The molecule has 176 valence electrons. The zero-order chi connectivity index (χ0) is 23.6. The molecule has 1 fully saturated rings. The van der Waals surface area contributed by atoms with Crippen LogP contribution in [0.1, 0.15) is 18.4 Å². The highest BCUT2D eigenvalue weighted by atomic mass is 32.2. The van der Waals surface area contributed by atoms with Crippen LogP contribution in [0.25, 0.3) is 10.9 Å². The SMILES string of the molecule is COc1ccc(CNC(=O)C2CCCN(S(=O)(=O)c3ccc4c(ccn4C)c3)C2)c(OC)c1. The van der Waals surface area contributed by atoms with Crippen molar-refractivity contribution in [1.29, 1.82) is 0 Å². The molecule has 1 aliphatic rings. The number of carbonyl (C=O) groups is 1. The lowest BCUT2D eigenvalue weighted by Crippen LogP contribution is -2.45. The zero-order valence-corrected chi connectivity index (χ0v) is 19.9. The molecule has 0 radical (unpaired) electrons. The molecule has 9 heteroatoms. The molecule has 4 rings (SSSR count). The molecule has 1 atom stereocenters. The van der Waals surface area contributed by atoms with Gasteiger partial charge < -0.3 is 19.4 Å². The van der Waals surface area contributed by atoms with Crippen LogP contribution in [0.4, 0.5) is 0 Å². The lowest BCUT2D eigenvalue weighted by molar-refractivity contribution is -0.126. The van der Waals surface area contributed by atoms with Crippen molar-refractivity contribution in [3.63, 3.8) is 0 Å². The Morgan fingerprint density at radius 3 is 2.70 bits per heavy atom. The van der Waals surface area contributed by atoms with E-state index in [9.17, 15) is 13.2 Å². The number of benzene rings is 2. The number of sulfonamides is 1. The molecular weight excluding hydrogens is 442 g/mol. The molecule has 0 bridgehead atoms. The average Bonchev–Trinajstić information content (AvgIpc) is 3.22. The third-order valence-electron chi connectivity index (χ3n) is 6.20. The number of aromatic nitrogens is 1. The molecular formula is C24H29N3O5S. The fourth-order valence-corrected chi connectivity index (χ4v) is 5.83. The number of amides is 1. The maximum atomic E-state index is 13.3. The summed E-state index contributed by atoms with van der Waals surface area (Å²) >= 11 is 0. The maximum absolute atomic E-state index is 13.3. The first-order valence-electron chi connectivity index (χ1n) is 10.9. The molecule has 1 N–H and O–H groups in total. The van der Waals surface area contributed by atoms with E-state index < -0.39 is 15.9 Å². The van der Waals surface area contributed by atoms with Crippen LogP contribution >= 0.6 is 0 Å². The van der Waals surface area contributed by atoms with Gasteiger partial charge in [0.15, 0.2) is 0 Å². The standard InChI is InChI=1S/C24H29N3O5S/c1-26-12-10-17-13-21(8-9-22(17)26)33(29,30)27-11-4-5-19(16-27)24(28)25-15-18-6-7-20(31-2)14-23(18)32-3/h6-10,12-14,19H,4-5,11,15-16H2,1-3H3,(H,25,28). The third-order valence-corrected chi connectivity index (χ3v) is 8.06. The van der Waals surface area contributed by atoms with E-state index in [1.54, 1.807) is 32.4 Å². The Balaban J connectivity index is 1.44. The number of ether oxygens (including phenoxy) is 2. The molecule has 8 nitrogen and oxygen atoms in total. The van der Waals surface area contributed by atoms with Gasteiger partial charge in [0.25, 0.3) is 0 Å². The van der Waals surface area contributed by atoms with Gasteiger partial charge in [-0.15, -0.1) is 0 Å². The Kier molecular flexibility index (Phi) is 6.62. The largest absolute Gasteiger partial charge is 0.497 e. The first-order chi connectivity index (χ1) is 15.8. The normalized spacial score (nSPS) is 17.1. The number of methoxy groups -OCH3 is 2. The van der Waals surface area contributed by atoms with Crippen molar-refractivity contribution in [2.24, 2.45) is 13.0 Å². The Morgan fingerprint density at radius 2 is 1.94 bits per heavy atom. The summed E-state index contributed by atoms with van der Waals surface area (Å²) in [6, 6.07) is 12.5. The quantitative estimate of drug-likeness (QED) is 0.572. The van der Waals surface area contributed by atoms with Crippen LogP contribution in [-0.2, 0) is 28.4 Å². The van der Waals surface area contributed by atoms with Crippen molar-refractivity contribution in [2.45, 2.75) is 24.3 Å². The van der Waals surface area contributed by atoms with E-state index in [-0.39, 0.29) is 17.3 Å². The summed E-state index contributed by atoms with van der Waals surface area (Å²) in [7, 11) is 1.38. The minimum Gasteiger partial charge on any atom is -0.497 e. The summed E-state index contributed by atoms with van der Waals surface area (Å²) in [6.07, 6.45) is 3.19. The van der Waals surface area contributed by atoms with Gasteiger partial charge in [0.2, 0.25) is 15.9 Å². The number of hydrogen-bond donors (Lipinski definition) is 1. The molecule has 2 heterocycles. The third kappa shape index (κ3) is 4.69. The number of rotatable bonds is 7. The maximum Gasteiger partial charge on any atom is 0.243 e. The van der Waals surface area contributed by atoms with Crippen LogP contribution in [0.3, 0.4) is 0 Å². The predicted molar refractivity (Wildman–Crippen MR) is 126 cm³/mol. The topological polar surface area (TPSA) is 89.9 Å². The fraction of sp³-hybridized carbons (Fsp3) is 0.375. The molecule has 0 aliphatic carbocycles. The number of hydrogen-bond acceptors (Lipinski definition) is 5. The van der Waals surface area contributed by atoms with Crippen molar-refractivity contribution in [1.82, 2.24) is 14.2 Å². The lowest BCUT2D eigenvalue weighted by Gasteiger charge is -2.31. The first-order valence-corrected chi connectivity index (χ1v) is 12.3. The zero-order valence-electron chi connectivity index (χ0n) is 19.1. The summed E-state index contributed by atoms with van der Waals surface area (Å²) in [4.78, 5) is 13.1. The number of aryl methyl sites for hydroxylation is 1. The molecule has 3 aromatic rings. The van der Waals surface area contributed by atoms with Gasteiger partial charge in [0, 0.05) is 55.4 Å². The first kappa shape index (κ1) is 23.1. The van der Waals surface area contributed by atoms with Crippen molar-refractivity contribution in [3.05, 3.63) is 54.2 Å². The summed E-state index contributed by atoms with van der Waals surface area (Å²) in [6.45, 7) is 0.867. The lowest BCUT2D eigenvalue weighted by atomic mass is 9.98. The number of piperidine rings is 1. The summed E-state index contributed by atoms with van der Waals surface area (Å²) in [5.41, 5.74) is 1.79. The van der Waals surface area contributed by atoms with E-state index in [4.69, 9.17) is 9.47 Å². The van der Waals surface area contributed by atoms with Crippen LogP contribution in [0.15, 0.2) is 53.6 Å². The minimum atomic E-state index is -3.69. The highest BCUT2D eigenvalue weighted by molar-refractivity contribution is 7.89. The molecule has 2 aromatic carbocycles. The molecule has 33 heavy (non-hydrogen) atoms. The highest BCUT2D eigenvalue weighted by Gasteiger charge is 2.33. The van der Waals surface area contributed by atoms with E-state index in [2.05, 4.69) is 5.32 Å². The number of nitrogens with one attached hydrogen (secondary N) is 1. The molecule has 0 saturated carbocycles. The van der Waals surface area contributed by atoms with Crippen LogP contribution in [0.5, 0.6) is 11.5 Å². The Bertz CT molecular complexity index is 1270. The average molecular weight is 472 g/mol. The van der Waals surface area contributed by atoms with Crippen molar-refractivity contribution in [3.8, 4) is 11.5 Å². The van der Waals surface area contributed by atoms with E-state index in [1.807, 2.05) is 42.1 Å². The smallest absolute Gasteiger partial charge is 0.243 e. The number of nitrogens with zero attached hydrogens (tertiary/aromatic N) is 2. The molecule has 1 amide bonds. The minimum absolute atomic E-state index is 0.161. The van der Waals surface area contributed by atoms with Gasteiger partial charge in [-0.1, -0.05) is 0 Å². The molecule has 1 saturated heterocycles. The van der Waals surface area contributed by atoms with E-state index >= 15 is 0 Å². The summed E-state index contributed by atoms with van der Waals surface area (Å²) in [5, 5.41) is 3.81. The van der Waals surface area contributed by atoms with Gasteiger partial charge in [-0.3, -0.25) is 4.79 Å². The molecule has 1 aliphatic heterocycles. The van der Waals surface area contributed by atoms with Gasteiger partial charge in [0.05, 0.1) is 25.0 Å². The van der Waals surface area contributed by atoms with Crippen LogP contribution < -0.4 is 14.8 Å². The van der Waals surface area contributed by atoms with Gasteiger partial charge in [-0.25, -0.2) is 8.42 Å². The Morgan fingerprint density at radius 1 is 1.12 bits per heavy atom. The van der Waals surface area contributed by atoms with Gasteiger partial charge in [-0.05, 0) is 49.2 Å². The number of carbonyl (C=O) groups excluding carboxylic acids is 1. The second-order valence-electron chi connectivity index (χ2n) is 8.25. The second kappa shape index (κ2) is 9.44. The predicted octanol–water partition coefficient (Wildman–Crippen LogP) is 2.91. The van der Waals surface area contributed by atoms with E-state index in [0.29, 0.717) is 37.4 Å². The Labute approximate surface area is 194 Å². The van der Waals surface area contributed by atoms with E-state index in [1.165, 1.54) is 4.31 Å². The van der Waals surface area contributed by atoms with Gasteiger partial charge >= 0.3 is 0 Å². The fourth-order valence-electron chi connectivity index (χ4n) is 4.27. The number of fused-ring (bicyclic) bond motifs is 1. The molecule has 1 aromatic heterocycles. The van der Waals surface area contributed by atoms with Crippen LogP contribution in [0, 0.1) is 5.92 Å². The van der Waals surface area contributed by atoms with Crippen LogP contribution in [0.2, 0.25) is 0 Å². The molecule has 1 unspecified atom stereocenters. The highest BCUT2D eigenvalue weighted by Crippen LogP contribution is 2.28. The summed E-state index contributed by atoms with van der Waals surface area (Å²) in [5.74, 6) is 0.729. The van der Waals surface area contributed by atoms with Gasteiger partial charge in [-0.2, -0.15) is 4.31 Å². The van der Waals surface area contributed by atoms with Crippen molar-refractivity contribution in [2.75, 3.05) is 27.3 Å².